The van der Waals surface area contributed by atoms with Gasteiger partial charge in [-0.25, -0.2) is 0 Å². The summed E-state index contributed by atoms with van der Waals surface area (Å²) in [5, 5.41) is 8.17. The Morgan fingerprint density at radius 2 is 1.78 bits per heavy atom. The van der Waals surface area contributed by atoms with E-state index in [1.807, 2.05) is 30.3 Å². The first-order valence-electron chi connectivity index (χ1n) is 12.1. The van der Waals surface area contributed by atoms with Crippen molar-refractivity contribution in [1.29, 1.82) is 0 Å². The van der Waals surface area contributed by atoms with Gasteiger partial charge in [-0.15, -0.1) is 11.8 Å². The monoisotopic (exact) mass is 552 g/mol. The number of hydrogen-bond acceptors (Lipinski definition) is 6. The van der Waals surface area contributed by atoms with E-state index in [-0.39, 0.29) is 11.8 Å². The number of benzene rings is 3. The molecule has 3 aromatic carbocycles. The first-order valence-corrected chi connectivity index (χ1v) is 13.9. The Bertz CT molecular complexity index is 1340. The number of hydrogen-bond donors (Lipinski definition) is 1. The lowest BCUT2D eigenvalue weighted by Gasteiger charge is -2.30. The number of rotatable bonds is 8. The van der Waals surface area contributed by atoms with Crippen molar-refractivity contribution in [3.05, 3.63) is 94.3 Å². The van der Waals surface area contributed by atoms with E-state index in [2.05, 4.69) is 44.6 Å². The van der Waals surface area contributed by atoms with Gasteiger partial charge in [-0.3, -0.25) is 9.69 Å². The molecule has 1 N–H and O–H groups in total. The first kappa shape index (κ1) is 25.8. The van der Waals surface area contributed by atoms with Crippen molar-refractivity contribution in [3.8, 4) is 11.4 Å². The maximum absolute atomic E-state index is 12.8. The maximum Gasteiger partial charge on any atom is 0.241 e. The number of piperidine rings is 1. The van der Waals surface area contributed by atoms with E-state index in [4.69, 9.17) is 27.7 Å². The number of carbonyl (C=O) groups excluding carboxylic acids is 1. The van der Waals surface area contributed by atoms with Gasteiger partial charge in [-0.2, -0.15) is 4.98 Å². The molecule has 1 amide bonds. The lowest BCUT2D eigenvalue weighted by molar-refractivity contribution is -0.121. The van der Waals surface area contributed by atoms with Crippen LogP contribution in [0.3, 0.4) is 0 Å². The van der Waals surface area contributed by atoms with E-state index in [9.17, 15) is 4.79 Å². The van der Waals surface area contributed by atoms with E-state index >= 15 is 0 Å². The van der Waals surface area contributed by atoms with Crippen LogP contribution in [0.1, 0.15) is 24.3 Å². The largest absolute Gasteiger partial charge is 0.338 e. The Labute approximate surface area is 230 Å². The zero-order valence-corrected chi connectivity index (χ0v) is 22.4. The molecule has 1 aromatic heterocycles. The Kier molecular flexibility index (Phi) is 8.46. The predicted molar refractivity (Wildman–Crippen MR) is 149 cm³/mol. The number of amides is 1. The lowest BCUT2D eigenvalue weighted by atomic mass is 9.96. The van der Waals surface area contributed by atoms with Crippen LogP contribution in [0.15, 0.2) is 82.2 Å². The first-order chi connectivity index (χ1) is 18.0. The maximum atomic E-state index is 12.8. The van der Waals surface area contributed by atoms with Crippen LogP contribution < -0.4 is 5.32 Å². The van der Waals surface area contributed by atoms with Crippen LogP contribution >= 0.6 is 35.0 Å². The molecule has 1 aliphatic heterocycles. The highest BCUT2D eigenvalue weighted by atomic mass is 35.5. The molecule has 0 bridgehead atoms. The highest BCUT2D eigenvalue weighted by molar-refractivity contribution is 7.98. The fourth-order valence-electron chi connectivity index (χ4n) is 4.26. The number of halogens is 2. The summed E-state index contributed by atoms with van der Waals surface area (Å²) in [5.74, 6) is 1.91. The summed E-state index contributed by atoms with van der Waals surface area (Å²) in [6, 6.07) is 23.6. The summed E-state index contributed by atoms with van der Waals surface area (Å²) in [7, 11) is 0. The van der Waals surface area contributed by atoms with Crippen molar-refractivity contribution in [2.24, 2.45) is 5.92 Å². The molecule has 0 saturated carbocycles. The van der Waals surface area contributed by atoms with Crippen molar-refractivity contribution in [3.63, 3.8) is 0 Å². The fourth-order valence-corrected chi connectivity index (χ4v) is 5.62. The molecule has 9 heteroatoms. The number of aromatic nitrogens is 2. The molecule has 1 aliphatic rings. The highest BCUT2D eigenvalue weighted by Gasteiger charge is 2.26. The molecule has 0 atom stereocenters. The zero-order chi connectivity index (χ0) is 25.6. The summed E-state index contributed by atoms with van der Waals surface area (Å²) in [4.78, 5) is 20.8. The van der Waals surface area contributed by atoms with Crippen LogP contribution in [-0.4, -0.2) is 34.0 Å². The summed E-state index contributed by atoms with van der Waals surface area (Å²) in [6.07, 6.45) is 1.56. The molecule has 0 spiro atoms. The van der Waals surface area contributed by atoms with Gasteiger partial charge in [-0.1, -0.05) is 58.7 Å². The molecule has 0 aliphatic carbocycles. The standard InChI is InChI=1S/C28H26Cl2N4O2S/c29-21-8-11-24(25(30)16-21)27-32-26(36-33-27)17-34-14-12-20(13-15-34)28(35)31-22-9-6-19(7-10-22)18-37-23-4-2-1-3-5-23/h1-11,16,20H,12-15,17-18H2,(H,31,35). The summed E-state index contributed by atoms with van der Waals surface area (Å²) >= 11 is 14.0. The van der Waals surface area contributed by atoms with Gasteiger partial charge in [0.1, 0.15) is 0 Å². The van der Waals surface area contributed by atoms with Gasteiger partial charge in [0.2, 0.25) is 17.6 Å². The second-order valence-electron chi connectivity index (χ2n) is 8.97. The Morgan fingerprint density at radius 1 is 1.03 bits per heavy atom. The van der Waals surface area contributed by atoms with Crippen molar-refractivity contribution in [1.82, 2.24) is 15.0 Å². The molecular weight excluding hydrogens is 527 g/mol. The Morgan fingerprint density at radius 3 is 2.51 bits per heavy atom. The quantitative estimate of drug-likeness (QED) is 0.233. The molecule has 5 rings (SSSR count). The lowest BCUT2D eigenvalue weighted by Crippen LogP contribution is -2.37. The van der Waals surface area contributed by atoms with Crippen LogP contribution in [0.4, 0.5) is 5.69 Å². The van der Waals surface area contributed by atoms with Gasteiger partial charge < -0.3 is 9.84 Å². The predicted octanol–water partition coefficient (Wildman–Crippen LogP) is 7.19. The average molecular weight is 554 g/mol. The van der Waals surface area contributed by atoms with Gasteiger partial charge >= 0.3 is 0 Å². The van der Waals surface area contributed by atoms with E-state index in [0.717, 1.165) is 37.4 Å². The fraction of sp³-hybridized carbons (Fsp3) is 0.250. The van der Waals surface area contributed by atoms with Crippen LogP contribution in [-0.2, 0) is 17.1 Å². The minimum absolute atomic E-state index is 0.0179. The second kappa shape index (κ2) is 12.1. The molecule has 1 saturated heterocycles. The number of nitrogens with one attached hydrogen (secondary N) is 1. The van der Waals surface area contributed by atoms with Crippen LogP contribution in [0, 0.1) is 5.92 Å². The van der Waals surface area contributed by atoms with E-state index in [1.165, 1.54) is 10.5 Å². The number of nitrogens with zero attached hydrogens (tertiary/aromatic N) is 3. The minimum Gasteiger partial charge on any atom is -0.338 e. The van der Waals surface area contributed by atoms with Crippen molar-refractivity contribution >= 4 is 46.6 Å². The third kappa shape index (κ3) is 6.93. The molecule has 2 heterocycles. The van der Waals surface area contributed by atoms with E-state index in [1.54, 1.807) is 30.0 Å². The summed E-state index contributed by atoms with van der Waals surface area (Å²) < 4.78 is 5.44. The Balaban J connectivity index is 1.08. The highest BCUT2D eigenvalue weighted by Crippen LogP contribution is 2.29. The topological polar surface area (TPSA) is 71.3 Å². The normalized spacial score (nSPS) is 14.5. The number of anilines is 1. The van der Waals surface area contributed by atoms with Gasteiger partial charge in [0.05, 0.1) is 11.6 Å². The molecule has 190 valence electrons. The average Bonchev–Trinajstić information content (AvgIpc) is 3.37. The minimum atomic E-state index is -0.0179. The van der Waals surface area contributed by atoms with Gasteiger partial charge in [0.15, 0.2) is 0 Å². The number of carbonyl (C=O) groups is 1. The third-order valence-corrected chi connectivity index (χ3v) is 7.96. The van der Waals surface area contributed by atoms with Crippen LogP contribution in [0.25, 0.3) is 11.4 Å². The smallest absolute Gasteiger partial charge is 0.241 e. The Hall–Kier alpha value is -2.84. The van der Waals surface area contributed by atoms with Crippen LogP contribution in [0.5, 0.6) is 0 Å². The number of thioether (sulfide) groups is 1. The second-order valence-corrected chi connectivity index (χ2v) is 10.9. The molecule has 0 unspecified atom stereocenters. The molecule has 37 heavy (non-hydrogen) atoms. The molecule has 6 nitrogen and oxygen atoms in total. The summed E-state index contributed by atoms with van der Waals surface area (Å²) in [6.45, 7) is 2.11. The van der Waals surface area contributed by atoms with E-state index < -0.39 is 0 Å². The molecule has 0 radical (unpaired) electrons. The molecular formula is C28H26Cl2N4O2S. The van der Waals surface area contributed by atoms with Gasteiger partial charge in [0, 0.05) is 32.8 Å². The van der Waals surface area contributed by atoms with Crippen molar-refractivity contribution in [2.75, 3.05) is 18.4 Å². The van der Waals surface area contributed by atoms with Gasteiger partial charge in [0.25, 0.3) is 0 Å². The zero-order valence-electron chi connectivity index (χ0n) is 20.1. The molecule has 4 aromatic rings. The third-order valence-electron chi connectivity index (χ3n) is 6.33. The van der Waals surface area contributed by atoms with Crippen molar-refractivity contribution < 1.29 is 9.32 Å². The van der Waals surface area contributed by atoms with Crippen molar-refractivity contribution in [2.45, 2.75) is 30.0 Å². The van der Waals surface area contributed by atoms with E-state index in [0.29, 0.717) is 33.9 Å². The SMILES string of the molecule is O=C(Nc1ccc(CSc2ccccc2)cc1)C1CCN(Cc2nc(-c3ccc(Cl)cc3Cl)no2)CC1. The molecule has 1 fully saturated rings. The summed E-state index contributed by atoms with van der Waals surface area (Å²) in [5.41, 5.74) is 2.74. The number of likely N-dealkylation sites (tertiary alicyclic amines) is 1. The van der Waals surface area contributed by atoms with Crippen LogP contribution in [0.2, 0.25) is 10.0 Å². The van der Waals surface area contributed by atoms with Gasteiger partial charge in [-0.05, 0) is 74.0 Å².